The van der Waals surface area contributed by atoms with Gasteiger partial charge in [-0.2, -0.15) is 0 Å². The number of benzene rings is 4. The van der Waals surface area contributed by atoms with E-state index in [1.165, 1.54) is 40.7 Å². The van der Waals surface area contributed by atoms with Gasteiger partial charge in [-0.15, -0.1) is 0 Å². The first-order valence-electron chi connectivity index (χ1n) is 10.1. The fourth-order valence-electron chi connectivity index (χ4n) is 3.28. The lowest BCUT2D eigenvalue weighted by Crippen LogP contribution is -2.04. The van der Waals surface area contributed by atoms with Crippen LogP contribution in [0.15, 0.2) is 102 Å². The van der Waals surface area contributed by atoms with E-state index in [-0.39, 0.29) is 11.2 Å². The molecule has 0 saturated heterocycles. The Kier molecular flexibility index (Phi) is 5.41. The average molecular weight is 458 g/mol. The predicted molar refractivity (Wildman–Crippen MR) is 129 cm³/mol. The number of aromatic hydroxyl groups is 1. The zero-order chi connectivity index (χ0) is 22.2. The molecule has 4 nitrogen and oxygen atoms in total. The molecule has 5 rings (SSSR count). The van der Waals surface area contributed by atoms with Gasteiger partial charge in [0.15, 0.2) is 16.8 Å². The van der Waals surface area contributed by atoms with Gasteiger partial charge >= 0.3 is 0 Å². The summed E-state index contributed by atoms with van der Waals surface area (Å²) in [7, 11) is 0. The van der Waals surface area contributed by atoms with Crippen LogP contribution >= 0.6 is 23.5 Å². The number of hydrogen-bond donors (Lipinski definition) is 1. The molecule has 2 aliphatic rings. The zero-order valence-corrected chi connectivity index (χ0v) is 19.1. The van der Waals surface area contributed by atoms with Crippen molar-refractivity contribution in [1.29, 1.82) is 0 Å². The van der Waals surface area contributed by atoms with Crippen molar-refractivity contribution in [2.24, 2.45) is 0 Å². The van der Waals surface area contributed by atoms with E-state index in [1.807, 2.05) is 68.4 Å². The summed E-state index contributed by atoms with van der Waals surface area (Å²) >= 11 is 2.88. The lowest BCUT2D eigenvalue weighted by atomic mass is 10.2. The molecule has 1 heterocycles. The zero-order valence-electron chi connectivity index (χ0n) is 17.5. The number of rotatable bonds is 4. The third-order valence-corrected chi connectivity index (χ3v) is 7.13. The molecule has 0 bridgehead atoms. The van der Waals surface area contributed by atoms with E-state index in [9.17, 15) is 9.90 Å². The molecule has 3 aromatic carbocycles. The summed E-state index contributed by atoms with van der Waals surface area (Å²) in [4.78, 5) is 20.7. The minimum atomic E-state index is -0.122. The topological polar surface area (TPSA) is 63.3 Å². The highest BCUT2D eigenvalue weighted by Gasteiger charge is 2.16. The van der Waals surface area contributed by atoms with Gasteiger partial charge in [-0.3, -0.25) is 4.79 Å². The first kappa shape index (κ1) is 20.7. The number of nitrogens with zero attached hydrogens (tertiary/aromatic N) is 1. The molecule has 1 N–H and O–H groups in total. The Morgan fingerprint density at radius 3 is 2.00 bits per heavy atom. The van der Waals surface area contributed by atoms with Crippen molar-refractivity contribution < 1.29 is 9.52 Å². The monoisotopic (exact) mass is 457 g/mol. The van der Waals surface area contributed by atoms with Gasteiger partial charge in [0.2, 0.25) is 0 Å². The van der Waals surface area contributed by atoms with Crippen molar-refractivity contribution in [1.82, 2.24) is 4.98 Å². The van der Waals surface area contributed by atoms with Crippen molar-refractivity contribution in [2.75, 3.05) is 0 Å². The Balaban J connectivity index is 1.54. The van der Waals surface area contributed by atoms with Crippen LogP contribution in [0.4, 0.5) is 0 Å². The van der Waals surface area contributed by atoms with Crippen LogP contribution < -0.4 is 5.43 Å². The maximum absolute atomic E-state index is 12.6. The summed E-state index contributed by atoms with van der Waals surface area (Å²) in [6.45, 7) is 4.07. The predicted octanol–water partition coefficient (Wildman–Crippen LogP) is 6.92. The standard InChI is InChI=1S/C26H19NO3S2/c1-15-3-7-17(8-4-15)31-25-11-19-23(13-21(25)28)30-24-14-22(29)26(12-20(24)27-19)32-18-9-5-16(2)6-10-18/h3-14,28H,1-2H3. The molecule has 158 valence electrons. The van der Waals surface area contributed by atoms with Crippen molar-refractivity contribution in [2.45, 2.75) is 33.4 Å². The van der Waals surface area contributed by atoms with Crippen molar-refractivity contribution in [3.8, 4) is 17.2 Å². The Labute approximate surface area is 193 Å². The molecule has 0 atom stereocenters. The normalized spacial score (nSPS) is 11.3. The smallest absolute Gasteiger partial charge is 0.196 e. The maximum atomic E-state index is 12.6. The summed E-state index contributed by atoms with van der Waals surface area (Å²) in [6, 6.07) is 22.8. The van der Waals surface area contributed by atoms with Gasteiger partial charge in [0.1, 0.15) is 17.0 Å². The Morgan fingerprint density at radius 1 is 0.781 bits per heavy atom. The second kappa shape index (κ2) is 8.37. The van der Waals surface area contributed by atoms with Crippen LogP contribution in [0, 0.1) is 13.8 Å². The first-order chi connectivity index (χ1) is 15.4. The van der Waals surface area contributed by atoms with Crippen LogP contribution in [-0.2, 0) is 0 Å². The third-order valence-electron chi connectivity index (χ3n) is 5.02. The van der Waals surface area contributed by atoms with E-state index in [0.717, 1.165) is 9.79 Å². The van der Waals surface area contributed by atoms with E-state index in [0.29, 0.717) is 32.3 Å². The quantitative estimate of drug-likeness (QED) is 0.296. The van der Waals surface area contributed by atoms with Crippen LogP contribution in [0.3, 0.4) is 0 Å². The molecule has 0 aromatic heterocycles. The van der Waals surface area contributed by atoms with Gasteiger partial charge in [-0.25, -0.2) is 4.98 Å². The second-order valence-electron chi connectivity index (χ2n) is 7.60. The maximum Gasteiger partial charge on any atom is 0.196 e. The van der Waals surface area contributed by atoms with E-state index in [4.69, 9.17) is 9.40 Å². The van der Waals surface area contributed by atoms with Gasteiger partial charge in [-0.1, -0.05) is 58.9 Å². The lowest BCUT2D eigenvalue weighted by Gasteiger charge is -2.10. The van der Waals surface area contributed by atoms with E-state index in [2.05, 4.69) is 0 Å². The molecule has 3 aromatic rings. The first-order valence-corrected chi connectivity index (χ1v) is 11.7. The van der Waals surface area contributed by atoms with Gasteiger partial charge in [-0.05, 0) is 50.2 Å². The minimum absolute atomic E-state index is 0.113. The molecule has 6 heteroatoms. The highest BCUT2D eigenvalue weighted by molar-refractivity contribution is 7.99. The molecule has 32 heavy (non-hydrogen) atoms. The second-order valence-corrected chi connectivity index (χ2v) is 9.83. The summed E-state index contributed by atoms with van der Waals surface area (Å²) in [5.74, 6) is 0.510. The lowest BCUT2D eigenvalue weighted by molar-refractivity contribution is 0.461. The van der Waals surface area contributed by atoms with E-state index < -0.39 is 0 Å². The average Bonchev–Trinajstić information content (AvgIpc) is 2.77. The number of phenols is 1. The van der Waals surface area contributed by atoms with Gasteiger partial charge < -0.3 is 9.52 Å². The third kappa shape index (κ3) is 4.24. The molecular formula is C26H19NO3S2. The SMILES string of the molecule is Cc1ccc(Sc2cc3nc4cc(Sc5ccc(C)cc5)c(=O)cc-4oc3cc2O)cc1. The van der Waals surface area contributed by atoms with Crippen molar-refractivity contribution in [3.63, 3.8) is 0 Å². The molecule has 0 radical (unpaired) electrons. The van der Waals surface area contributed by atoms with Crippen LogP contribution in [0.2, 0.25) is 0 Å². The Morgan fingerprint density at radius 2 is 1.38 bits per heavy atom. The van der Waals surface area contributed by atoms with E-state index >= 15 is 0 Å². The molecule has 1 aliphatic carbocycles. The molecular weight excluding hydrogens is 438 g/mol. The van der Waals surface area contributed by atoms with Crippen molar-refractivity contribution >= 4 is 34.6 Å². The molecule has 0 fully saturated rings. The fourth-order valence-corrected chi connectivity index (χ4v) is 5.00. The Bertz CT molecular complexity index is 1460. The van der Waals surface area contributed by atoms with Gasteiger partial charge in [0.25, 0.3) is 0 Å². The molecule has 0 unspecified atom stereocenters. The summed E-state index contributed by atoms with van der Waals surface area (Å²) in [5, 5.41) is 10.5. The summed E-state index contributed by atoms with van der Waals surface area (Å²) in [5.41, 5.74) is 3.88. The van der Waals surface area contributed by atoms with Crippen LogP contribution in [0.25, 0.3) is 22.6 Å². The minimum Gasteiger partial charge on any atom is -0.507 e. The number of aryl methyl sites for hydroxylation is 2. The molecule has 0 amide bonds. The fraction of sp³-hybridized carbons (Fsp3) is 0.0769. The number of hydrogen-bond acceptors (Lipinski definition) is 6. The highest BCUT2D eigenvalue weighted by atomic mass is 32.2. The number of fused-ring (bicyclic) bond motifs is 2. The van der Waals surface area contributed by atoms with Crippen LogP contribution in [0.5, 0.6) is 5.75 Å². The Hall–Kier alpha value is -3.22. The molecule has 0 saturated carbocycles. The number of phenolic OH excluding ortho intramolecular Hbond substituents is 1. The number of aromatic nitrogens is 1. The van der Waals surface area contributed by atoms with Crippen LogP contribution in [0.1, 0.15) is 11.1 Å². The summed E-state index contributed by atoms with van der Waals surface area (Å²) < 4.78 is 5.91. The van der Waals surface area contributed by atoms with Gasteiger partial charge in [0.05, 0.1) is 9.79 Å². The van der Waals surface area contributed by atoms with Crippen LogP contribution in [-0.4, -0.2) is 10.1 Å². The van der Waals surface area contributed by atoms with E-state index in [1.54, 1.807) is 12.1 Å². The van der Waals surface area contributed by atoms with Gasteiger partial charge in [0, 0.05) is 21.9 Å². The summed E-state index contributed by atoms with van der Waals surface area (Å²) in [6.07, 6.45) is 0. The highest BCUT2D eigenvalue weighted by Crippen LogP contribution is 2.38. The molecule has 1 aliphatic heterocycles. The van der Waals surface area contributed by atoms with Crippen molar-refractivity contribution in [3.05, 3.63) is 94.1 Å². The largest absolute Gasteiger partial charge is 0.507 e. The molecule has 0 spiro atoms.